The van der Waals surface area contributed by atoms with Crippen molar-refractivity contribution in [2.24, 2.45) is 0 Å². The van der Waals surface area contributed by atoms with Gasteiger partial charge in [-0.3, -0.25) is 9.69 Å². The standard InChI is InChI=1S/C15H19N5O2/c1-18(2)15(22)14-17-16-13-10-19(6-7-20(13)14)9-11-4-3-5-12(21)8-11/h3-5,8,21H,6-7,9-10H2,1-2H3. The molecule has 2 aromatic rings. The first-order valence-electron chi connectivity index (χ1n) is 7.18. The van der Waals surface area contributed by atoms with Crippen molar-refractivity contribution in [1.29, 1.82) is 0 Å². The number of nitrogens with zero attached hydrogens (tertiary/aromatic N) is 5. The highest BCUT2D eigenvalue weighted by molar-refractivity contribution is 5.90. The lowest BCUT2D eigenvalue weighted by Crippen LogP contribution is -2.35. The molecule has 0 unspecified atom stereocenters. The van der Waals surface area contributed by atoms with Crippen LogP contribution in [0.25, 0.3) is 0 Å². The summed E-state index contributed by atoms with van der Waals surface area (Å²) in [6, 6.07) is 7.25. The molecule has 1 aliphatic rings. The Hall–Kier alpha value is -2.41. The van der Waals surface area contributed by atoms with Crippen LogP contribution in [0.2, 0.25) is 0 Å². The van der Waals surface area contributed by atoms with Gasteiger partial charge in [0.05, 0.1) is 6.54 Å². The first-order chi connectivity index (χ1) is 10.5. The molecular weight excluding hydrogens is 282 g/mol. The molecule has 0 bridgehead atoms. The van der Waals surface area contributed by atoms with Crippen molar-refractivity contribution in [3.63, 3.8) is 0 Å². The first-order valence-corrected chi connectivity index (χ1v) is 7.18. The zero-order valence-corrected chi connectivity index (χ0v) is 12.7. The van der Waals surface area contributed by atoms with Crippen LogP contribution < -0.4 is 0 Å². The van der Waals surface area contributed by atoms with Crippen molar-refractivity contribution in [3.05, 3.63) is 41.5 Å². The van der Waals surface area contributed by atoms with Crippen molar-refractivity contribution in [1.82, 2.24) is 24.6 Å². The topological polar surface area (TPSA) is 74.5 Å². The van der Waals surface area contributed by atoms with Gasteiger partial charge in [0.1, 0.15) is 11.6 Å². The molecule has 1 amide bonds. The van der Waals surface area contributed by atoms with Crippen LogP contribution >= 0.6 is 0 Å². The number of carbonyl (C=O) groups is 1. The van der Waals surface area contributed by atoms with Crippen molar-refractivity contribution in [2.45, 2.75) is 19.6 Å². The Balaban J connectivity index is 1.74. The normalized spacial score (nSPS) is 14.6. The molecule has 2 heterocycles. The van der Waals surface area contributed by atoms with Crippen LogP contribution in [0.1, 0.15) is 22.0 Å². The SMILES string of the molecule is CN(C)C(=O)c1nnc2n1CCN(Cc1cccc(O)c1)C2. The second-order valence-electron chi connectivity index (χ2n) is 5.67. The van der Waals surface area contributed by atoms with E-state index in [2.05, 4.69) is 15.1 Å². The lowest BCUT2D eigenvalue weighted by Gasteiger charge is -2.27. The minimum atomic E-state index is -0.125. The second kappa shape index (κ2) is 5.76. The number of phenolic OH excluding ortho intramolecular Hbond substituents is 1. The molecule has 22 heavy (non-hydrogen) atoms. The smallest absolute Gasteiger partial charge is 0.291 e. The summed E-state index contributed by atoms with van der Waals surface area (Å²) in [5.74, 6) is 1.35. The Morgan fingerprint density at radius 2 is 2.14 bits per heavy atom. The van der Waals surface area contributed by atoms with Gasteiger partial charge in [-0.05, 0) is 17.7 Å². The van der Waals surface area contributed by atoms with E-state index < -0.39 is 0 Å². The summed E-state index contributed by atoms with van der Waals surface area (Å²) in [6.45, 7) is 2.88. The van der Waals surface area contributed by atoms with Crippen LogP contribution in [0.3, 0.4) is 0 Å². The predicted octanol–water partition coefficient (Wildman–Crippen LogP) is 0.701. The van der Waals surface area contributed by atoms with Gasteiger partial charge < -0.3 is 14.6 Å². The van der Waals surface area contributed by atoms with Gasteiger partial charge >= 0.3 is 0 Å². The number of hydrogen-bond acceptors (Lipinski definition) is 5. The van der Waals surface area contributed by atoms with E-state index in [1.807, 2.05) is 16.7 Å². The van der Waals surface area contributed by atoms with Gasteiger partial charge in [0.15, 0.2) is 0 Å². The van der Waals surface area contributed by atoms with Gasteiger partial charge in [-0.25, -0.2) is 0 Å². The first kappa shape index (κ1) is 14.5. The summed E-state index contributed by atoms with van der Waals surface area (Å²) in [5, 5.41) is 17.7. The molecule has 7 heteroatoms. The van der Waals surface area contributed by atoms with Crippen molar-refractivity contribution < 1.29 is 9.90 Å². The number of phenols is 1. The zero-order valence-electron chi connectivity index (χ0n) is 12.7. The highest BCUT2D eigenvalue weighted by atomic mass is 16.3. The maximum Gasteiger partial charge on any atom is 0.291 e. The maximum atomic E-state index is 12.0. The highest BCUT2D eigenvalue weighted by Gasteiger charge is 2.25. The van der Waals surface area contributed by atoms with E-state index in [9.17, 15) is 9.90 Å². The van der Waals surface area contributed by atoms with E-state index in [0.717, 1.165) is 24.5 Å². The number of aromatic hydroxyl groups is 1. The number of hydrogen-bond donors (Lipinski definition) is 1. The maximum absolute atomic E-state index is 12.0. The number of benzene rings is 1. The number of rotatable bonds is 3. The van der Waals surface area contributed by atoms with Gasteiger partial charge in [-0.1, -0.05) is 12.1 Å². The van der Waals surface area contributed by atoms with Gasteiger partial charge in [-0.15, -0.1) is 10.2 Å². The van der Waals surface area contributed by atoms with Crippen molar-refractivity contribution in [2.75, 3.05) is 20.6 Å². The molecule has 0 spiro atoms. The molecule has 3 rings (SSSR count). The molecule has 0 fully saturated rings. The number of carbonyl (C=O) groups excluding carboxylic acids is 1. The lowest BCUT2D eigenvalue weighted by molar-refractivity contribution is 0.0806. The van der Waals surface area contributed by atoms with Crippen molar-refractivity contribution >= 4 is 5.91 Å². The van der Waals surface area contributed by atoms with Crippen LogP contribution in [-0.2, 0) is 19.6 Å². The molecule has 1 aromatic carbocycles. The van der Waals surface area contributed by atoms with Gasteiger partial charge in [0.2, 0.25) is 5.82 Å². The third-order valence-electron chi connectivity index (χ3n) is 3.75. The highest BCUT2D eigenvalue weighted by Crippen LogP contribution is 2.18. The monoisotopic (exact) mass is 301 g/mol. The molecule has 1 aromatic heterocycles. The van der Waals surface area contributed by atoms with E-state index in [0.29, 0.717) is 18.9 Å². The van der Waals surface area contributed by atoms with E-state index in [1.165, 1.54) is 4.90 Å². The van der Waals surface area contributed by atoms with Crippen LogP contribution in [0.5, 0.6) is 5.75 Å². The fraction of sp³-hybridized carbons (Fsp3) is 0.400. The van der Waals surface area contributed by atoms with Gasteiger partial charge in [-0.2, -0.15) is 0 Å². The van der Waals surface area contributed by atoms with Crippen molar-refractivity contribution in [3.8, 4) is 5.75 Å². The van der Waals surface area contributed by atoms with E-state index in [1.54, 1.807) is 26.2 Å². The van der Waals surface area contributed by atoms with Gasteiger partial charge in [0, 0.05) is 33.7 Å². The van der Waals surface area contributed by atoms with E-state index >= 15 is 0 Å². The third-order valence-corrected chi connectivity index (χ3v) is 3.75. The van der Waals surface area contributed by atoms with Crippen LogP contribution in [-0.4, -0.2) is 56.2 Å². The largest absolute Gasteiger partial charge is 0.508 e. The average molecular weight is 301 g/mol. The molecule has 0 atom stereocenters. The Bertz CT molecular complexity index is 695. The summed E-state index contributed by atoms with van der Waals surface area (Å²) >= 11 is 0. The summed E-state index contributed by atoms with van der Waals surface area (Å²) < 4.78 is 1.89. The molecular formula is C15H19N5O2. The Labute approximate surface area is 128 Å². The molecule has 0 radical (unpaired) electrons. The van der Waals surface area contributed by atoms with Crippen LogP contribution in [0.4, 0.5) is 0 Å². The number of aromatic nitrogens is 3. The Morgan fingerprint density at radius 3 is 2.86 bits per heavy atom. The number of fused-ring (bicyclic) bond motifs is 1. The van der Waals surface area contributed by atoms with E-state index in [4.69, 9.17) is 0 Å². The molecule has 0 aliphatic carbocycles. The summed E-state index contributed by atoms with van der Waals surface area (Å²) in [5.41, 5.74) is 1.05. The molecule has 1 aliphatic heterocycles. The number of amides is 1. The fourth-order valence-corrected chi connectivity index (χ4v) is 2.61. The molecule has 116 valence electrons. The van der Waals surface area contributed by atoms with Gasteiger partial charge in [0.25, 0.3) is 5.91 Å². The van der Waals surface area contributed by atoms with Crippen LogP contribution in [0.15, 0.2) is 24.3 Å². The summed E-state index contributed by atoms with van der Waals surface area (Å²) in [4.78, 5) is 15.8. The second-order valence-corrected chi connectivity index (χ2v) is 5.67. The Morgan fingerprint density at radius 1 is 1.32 bits per heavy atom. The van der Waals surface area contributed by atoms with E-state index in [-0.39, 0.29) is 11.7 Å². The minimum Gasteiger partial charge on any atom is -0.508 e. The molecule has 0 saturated heterocycles. The lowest BCUT2D eigenvalue weighted by atomic mass is 10.2. The fourth-order valence-electron chi connectivity index (χ4n) is 2.61. The average Bonchev–Trinajstić information content (AvgIpc) is 2.89. The molecule has 7 nitrogen and oxygen atoms in total. The summed E-state index contributed by atoms with van der Waals surface area (Å²) in [6.07, 6.45) is 0. The van der Waals surface area contributed by atoms with Crippen LogP contribution in [0, 0.1) is 0 Å². The molecule has 1 N–H and O–H groups in total. The molecule has 0 saturated carbocycles. The predicted molar refractivity (Wildman–Crippen MR) is 80.3 cm³/mol. The minimum absolute atomic E-state index is 0.125. The summed E-state index contributed by atoms with van der Waals surface area (Å²) in [7, 11) is 3.42. The zero-order chi connectivity index (χ0) is 15.7. The Kier molecular flexibility index (Phi) is 3.81. The third kappa shape index (κ3) is 2.80. The quantitative estimate of drug-likeness (QED) is 0.903.